The van der Waals surface area contributed by atoms with Crippen molar-refractivity contribution in [2.75, 3.05) is 7.11 Å². The number of hydrogen-bond acceptors (Lipinski definition) is 6. The van der Waals surface area contributed by atoms with E-state index in [1.807, 2.05) is 6.07 Å². The van der Waals surface area contributed by atoms with E-state index in [1.54, 1.807) is 6.07 Å². The summed E-state index contributed by atoms with van der Waals surface area (Å²) < 4.78 is 33.2. The molecule has 0 saturated heterocycles. The second-order valence-electron chi connectivity index (χ2n) is 8.44. The van der Waals surface area contributed by atoms with Crippen LogP contribution in [0.1, 0.15) is 68.9 Å². The van der Waals surface area contributed by atoms with Crippen LogP contribution >= 0.6 is 0 Å². The summed E-state index contributed by atoms with van der Waals surface area (Å²) in [6.45, 7) is 2.30. The number of methoxy groups -OCH3 is 1. The number of ether oxygens (including phenoxy) is 1. The van der Waals surface area contributed by atoms with Crippen LogP contribution in [-0.2, 0) is 10.3 Å². The fraction of sp³-hybridized carbons (Fsp3) is 0.650. The van der Waals surface area contributed by atoms with E-state index in [0.29, 0.717) is 41.1 Å². The van der Waals surface area contributed by atoms with Gasteiger partial charge >= 0.3 is 10.3 Å². The molecule has 4 atom stereocenters. The van der Waals surface area contributed by atoms with Gasteiger partial charge in [-0.1, -0.05) is 24.9 Å². The summed E-state index contributed by atoms with van der Waals surface area (Å²) in [7, 11) is -2.72. The Hall–Kier alpha value is -1.80. The summed E-state index contributed by atoms with van der Waals surface area (Å²) in [6, 6.07) is 3.42. The Balaban J connectivity index is 1.80. The van der Waals surface area contributed by atoms with Crippen LogP contribution in [-0.4, -0.2) is 26.4 Å². The van der Waals surface area contributed by atoms with Crippen molar-refractivity contribution in [2.45, 2.75) is 57.8 Å². The van der Waals surface area contributed by atoms with Gasteiger partial charge in [0.25, 0.3) is 0 Å². The molecule has 2 saturated carbocycles. The molecule has 0 radical (unpaired) electrons. The Labute approximate surface area is 166 Å². The minimum Gasteiger partial charge on any atom is -0.493 e. The maximum absolute atomic E-state index is 11.4. The summed E-state index contributed by atoms with van der Waals surface area (Å²) in [5.74, 6) is 1.75. The molecule has 7 nitrogen and oxygen atoms in total. The van der Waals surface area contributed by atoms with E-state index < -0.39 is 10.3 Å². The maximum atomic E-state index is 11.4. The minimum atomic E-state index is -4.19. The predicted octanol–water partition coefficient (Wildman–Crippen LogP) is 3.55. The zero-order valence-electron chi connectivity index (χ0n) is 16.3. The van der Waals surface area contributed by atoms with Crippen molar-refractivity contribution in [1.29, 1.82) is 0 Å². The Morgan fingerprint density at radius 2 is 2.07 bits per heavy atom. The van der Waals surface area contributed by atoms with Gasteiger partial charge in [-0.2, -0.15) is 13.6 Å². The van der Waals surface area contributed by atoms with Crippen molar-refractivity contribution in [2.24, 2.45) is 27.5 Å². The second-order valence-corrected chi connectivity index (χ2v) is 9.59. The molecule has 0 bridgehead atoms. The number of fused-ring (bicyclic) bond motifs is 5. The highest BCUT2D eigenvalue weighted by Gasteiger charge is 2.52. The second kappa shape index (κ2) is 6.91. The zero-order chi connectivity index (χ0) is 20.1. The summed E-state index contributed by atoms with van der Waals surface area (Å²) in [5.41, 5.74) is 2.78. The molecule has 3 aliphatic carbocycles. The molecular weight excluding hydrogens is 380 g/mol. The van der Waals surface area contributed by atoms with Gasteiger partial charge in [-0.05, 0) is 73.0 Å². The van der Waals surface area contributed by atoms with Crippen molar-refractivity contribution in [3.8, 4) is 11.5 Å². The minimum absolute atomic E-state index is 0.0166. The summed E-state index contributed by atoms with van der Waals surface area (Å²) in [6.07, 6.45) is 7.97. The SMILES string of the molecule is CC[C@@]12CCCC1C1C/C(=N/O)c3cc(OS(N)(=O)=O)c(OC)cc3C1CC2. The first-order valence-corrected chi connectivity index (χ1v) is 11.4. The van der Waals surface area contributed by atoms with Gasteiger partial charge in [-0.3, -0.25) is 0 Å². The van der Waals surface area contributed by atoms with Gasteiger partial charge in [0.05, 0.1) is 12.8 Å². The molecule has 0 amide bonds. The van der Waals surface area contributed by atoms with Gasteiger partial charge in [0.15, 0.2) is 11.5 Å². The molecule has 3 aliphatic rings. The van der Waals surface area contributed by atoms with Crippen molar-refractivity contribution < 1.29 is 22.5 Å². The lowest BCUT2D eigenvalue weighted by molar-refractivity contribution is 0.0509. The predicted molar refractivity (Wildman–Crippen MR) is 105 cm³/mol. The van der Waals surface area contributed by atoms with E-state index in [4.69, 9.17) is 14.1 Å². The monoisotopic (exact) mass is 408 g/mol. The third kappa shape index (κ3) is 3.06. The first kappa shape index (κ1) is 19.5. The maximum Gasteiger partial charge on any atom is 0.380 e. The van der Waals surface area contributed by atoms with Crippen LogP contribution in [0.5, 0.6) is 11.5 Å². The number of nitrogens with two attached hydrogens (primary N) is 1. The quantitative estimate of drug-likeness (QED) is 0.584. The average Bonchev–Trinajstić information content (AvgIpc) is 3.10. The van der Waals surface area contributed by atoms with Crippen LogP contribution in [0.2, 0.25) is 0 Å². The van der Waals surface area contributed by atoms with E-state index in [9.17, 15) is 13.6 Å². The van der Waals surface area contributed by atoms with Crippen LogP contribution in [0.25, 0.3) is 0 Å². The van der Waals surface area contributed by atoms with Gasteiger partial charge in [-0.15, -0.1) is 0 Å². The molecule has 3 unspecified atom stereocenters. The summed E-state index contributed by atoms with van der Waals surface area (Å²) >= 11 is 0. The average molecular weight is 409 g/mol. The van der Waals surface area contributed by atoms with Crippen LogP contribution in [0.3, 0.4) is 0 Å². The fourth-order valence-corrected chi connectivity index (χ4v) is 6.66. The molecule has 154 valence electrons. The highest BCUT2D eigenvalue weighted by Crippen LogP contribution is 2.62. The van der Waals surface area contributed by atoms with Gasteiger partial charge in [0, 0.05) is 5.56 Å². The molecule has 1 aromatic rings. The lowest BCUT2D eigenvalue weighted by atomic mass is 9.54. The number of benzene rings is 1. The normalized spacial score (nSPS) is 33.1. The van der Waals surface area contributed by atoms with Crippen molar-refractivity contribution in [3.05, 3.63) is 23.3 Å². The van der Waals surface area contributed by atoms with Crippen LogP contribution in [0, 0.1) is 17.3 Å². The molecule has 28 heavy (non-hydrogen) atoms. The molecule has 0 spiro atoms. The molecule has 0 heterocycles. The molecule has 8 heteroatoms. The topological polar surface area (TPSA) is 111 Å². The van der Waals surface area contributed by atoms with Gasteiger partial charge < -0.3 is 14.1 Å². The standard InChI is InChI=1S/C20H28N2O5S/c1-3-20-7-4-5-16(20)14-9-17(22-23)15-11-19(27-28(21,24)25)18(26-2)10-13(15)12(14)6-8-20/h10-12,14,16,23H,3-9H2,1-2H3,(H2,21,24,25)/b22-17-/t12?,14?,16?,20-/m0/s1. The van der Waals surface area contributed by atoms with Crippen molar-refractivity contribution in [1.82, 2.24) is 0 Å². The number of nitrogens with zero attached hydrogens (tertiary/aromatic N) is 1. The van der Waals surface area contributed by atoms with Crippen molar-refractivity contribution >= 4 is 16.0 Å². The smallest absolute Gasteiger partial charge is 0.380 e. The van der Waals surface area contributed by atoms with Gasteiger partial charge in [0.1, 0.15) is 0 Å². The number of rotatable bonds is 4. The van der Waals surface area contributed by atoms with Crippen LogP contribution in [0.4, 0.5) is 0 Å². The van der Waals surface area contributed by atoms with Crippen LogP contribution in [0.15, 0.2) is 17.3 Å². The van der Waals surface area contributed by atoms with Crippen molar-refractivity contribution in [3.63, 3.8) is 0 Å². The van der Waals surface area contributed by atoms with E-state index in [-0.39, 0.29) is 5.75 Å². The molecule has 4 rings (SSSR count). The van der Waals surface area contributed by atoms with E-state index in [1.165, 1.54) is 39.2 Å². The largest absolute Gasteiger partial charge is 0.493 e. The molecule has 3 N–H and O–H groups in total. The highest BCUT2D eigenvalue weighted by molar-refractivity contribution is 7.84. The highest BCUT2D eigenvalue weighted by atomic mass is 32.2. The Morgan fingerprint density at radius 1 is 1.29 bits per heavy atom. The molecule has 0 aliphatic heterocycles. The first-order chi connectivity index (χ1) is 13.3. The molecule has 1 aromatic carbocycles. The van der Waals surface area contributed by atoms with E-state index in [2.05, 4.69) is 12.1 Å². The van der Waals surface area contributed by atoms with Crippen LogP contribution < -0.4 is 14.1 Å². The first-order valence-electron chi connectivity index (χ1n) is 9.97. The number of hydrogen-bond donors (Lipinski definition) is 2. The molecule has 0 aromatic heterocycles. The molecular formula is C20H28N2O5S. The lowest BCUT2D eigenvalue weighted by Gasteiger charge is -2.50. The number of oxime groups is 1. The Morgan fingerprint density at radius 3 is 2.71 bits per heavy atom. The van der Waals surface area contributed by atoms with Gasteiger partial charge in [0.2, 0.25) is 0 Å². The fourth-order valence-electron chi connectivity index (χ4n) is 6.28. The third-order valence-corrected chi connectivity index (χ3v) is 7.88. The summed E-state index contributed by atoms with van der Waals surface area (Å²) in [5, 5.41) is 18.3. The zero-order valence-corrected chi connectivity index (χ0v) is 17.2. The van der Waals surface area contributed by atoms with E-state index in [0.717, 1.165) is 17.5 Å². The third-order valence-electron chi connectivity index (χ3n) is 7.47. The Bertz CT molecular complexity index is 913. The van der Waals surface area contributed by atoms with E-state index >= 15 is 0 Å². The lowest BCUT2D eigenvalue weighted by Crippen LogP contribution is -2.42. The van der Waals surface area contributed by atoms with Gasteiger partial charge in [-0.25, -0.2) is 0 Å². The molecule has 2 fully saturated rings. The summed E-state index contributed by atoms with van der Waals surface area (Å²) in [4.78, 5) is 0. The Kier molecular flexibility index (Phi) is 4.82.